The summed E-state index contributed by atoms with van der Waals surface area (Å²) in [4.78, 5) is 4.36. The highest BCUT2D eigenvalue weighted by atomic mass is 79.9. The molecule has 114 valence electrons. The van der Waals surface area contributed by atoms with Crippen LogP contribution in [-0.4, -0.2) is 29.7 Å². The Morgan fingerprint density at radius 3 is 2.82 bits per heavy atom. The molecule has 0 fully saturated rings. The molecule has 8 heteroatoms. The van der Waals surface area contributed by atoms with E-state index >= 15 is 0 Å². The number of benzene rings is 1. The third kappa shape index (κ3) is 3.18. The van der Waals surface area contributed by atoms with E-state index in [2.05, 4.69) is 30.7 Å². The van der Waals surface area contributed by atoms with Gasteiger partial charge in [0.25, 0.3) is 0 Å². The Morgan fingerprint density at radius 2 is 2.05 bits per heavy atom. The summed E-state index contributed by atoms with van der Waals surface area (Å²) in [5.41, 5.74) is 0.472. The summed E-state index contributed by atoms with van der Waals surface area (Å²) >= 11 is 3.30. The lowest BCUT2D eigenvalue weighted by Crippen LogP contribution is -2.27. The van der Waals surface area contributed by atoms with Crippen LogP contribution in [0.1, 0.15) is 0 Å². The predicted molar refractivity (Wildman–Crippen MR) is 86.9 cm³/mol. The Labute approximate surface area is 136 Å². The summed E-state index contributed by atoms with van der Waals surface area (Å²) in [5.74, 6) is 0. The van der Waals surface area contributed by atoms with Crippen molar-refractivity contribution in [2.45, 2.75) is 11.4 Å². The average Bonchev–Trinajstić information content (AvgIpc) is 2.92. The molecular weight excluding hydrogens is 368 g/mol. The third-order valence-corrected chi connectivity index (χ3v) is 5.02. The summed E-state index contributed by atoms with van der Waals surface area (Å²) in [6, 6.07) is 8.72. The molecule has 2 aromatic heterocycles. The summed E-state index contributed by atoms with van der Waals surface area (Å²) < 4.78 is 30.0. The lowest BCUT2D eigenvalue weighted by Gasteiger charge is -2.09. The van der Waals surface area contributed by atoms with Crippen molar-refractivity contribution in [2.24, 2.45) is 0 Å². The van der Waals surface area contributed by atoms with Crippen LogP contribution in [0.5, 0.6) is 0 Å². The minimum atomic E-state index is -3.62. The second-order valence-corrected chi connectivity index (χ2v) is 7.30. The molecule has 1 N–H and O–H groups in total. The first-order chi connectivity index (χ1) is 10.6. The number of hydrogen-bond donors (Lipinski definition) is 1. The number of rotatable bonds is 5. The quantitative estimate of drug-likeness (QED) is 0.735. The van der Waals surface area contributed by atoms with Crippen LogP contribution in [0.15, 0.2) is 58.3 Å². The molecule has 0 atom stereocenters. The van der Waals surface area contributed by atoms with Gasteiger partial charge in [-0.25, -0.2) is 13.1 Å². The van der Waals surface area contributed by atoms with Crippen molar-refractivity contribution < 1.29 is 8.42 Å². The van der Waals surface area contributed by atoms with Crippen molar-refractivity contribution in [3.8, 4) is 0 Å². The Bertz CT molecular complexity index is 903. The minimum Gasteiger partial charge on any atom is -0.270 e. The SMILES string of the molecule is O=S(=O)(NCCn1cc(Br)cn1)c1cccc2cccnc12. The number of nitrogens with zero attached hydrogens (tertiary/aromatic N) is 3. The molecule has 0 saturated heterocycles. The van der Waals surface area contributed by atoms with Crippen LogP contribution in [0.2, 0.25) is 0 Å². The zero-order valence-electron chi connectivity index (χ0n) is 11.5. The van der Waals surface area contributed by atoms with E-state index in [4.69, 9.17) is 0 Å². The normalized spacial score (nSPS) is 11.9. The molecule has 6 nitrogen and oxygen atoms in total. The molecule has 0 amide bonds. The molecule has 0 aliphatic rings. The van der Waals surface area contributed by atoms with Gasteiger partial charge in [-0.1, -0.05) is 18.2 Å². The highest BCUT2D eigenvalue weighted by Crippen LogP contribution is 2.20. The van der Waals surface area contributed by atoms with Gasteiger partial charge in [0.15, 0.2) is 0 Å². The zero-order chi connectivity index (χ0) is 15.6. The second-order valence-electron chi connectivity index (χ2n) is 4.65. The number of nitrogens with one attached hydrogen (secondary N) is 1. The number of fused-ring (bicyclic) bond motifs is 1. The Kier molecular flexibility index (Phi) is 4.23. The Balaban J connectivity index is 1.80. The van der Waals surface area contributed by atoms with Crippen molar-refractivity contribution in [2.75, 3.05) is 6.54 Å². The van der Waals surface area contributed by atoms with Gasteiger partial charge in [-0.15, -0.1) is 0 Å². The molecule has 0 aliphatic carbocycles. The van der Waals surface area contributed by atoms with Gasteiger partial charge in [0.2, 0.25) is 10.0 Å². The molecular formula is C14H13BrN4O2S. The van der Waals surface area contributed by atoms with Crippen LogP contribution < -0.4 is 4.72 Å². The average molecular weight is 381 g/mol. The van der Waals surface area contributed by atoms with E-state index in [1.807, 2.05) is 12.1 Å². The summed E-state index contributed by atoms with van der Waals surface area (Å²) in [5, 5.41) is 4.87. The molecule has 0 spiro atoms. The fraction of sp³-hybridized carbons (Fsp3) is 0.143. The molecule has 0 aliphatic heterocycles. The molecule has 22 heavy (non-hydrogen) atoms. The van der Waals surface area contributed by atoms with Crippen LogP contribution >= 0.6 is 15.9 Å². The monoisotopic (exact) mass is 380 g/mol. The van der Waals surface area contributed by atoms with E-state index in [0.29, 0.717) is 12.1 Å². The van der Waals surface area contributed by atoms with Crippen LogP contribution in [0, 0.1) is 0 Å². The maximum absolute atomic E-state index is 12.5. The van der Waals surface area contributed by atoms with Crippen LogP contribution in [-0.2, 0) is 16.6 Å². The number of para-hydroxylation sites is 1. The first-order valence-electron chi connectivity index (χ1n) is 6.58. The van der Waals surface area contributed by atoms with Crippen molar-refractivity contribution in [3.63, 3.8) is 0 Å². The zero-order valence-corrected chi connectivity index (χ0v) is 13.9. The standard InChI is InChI=1S/C14H13BrN4O2S/c15-12-9-17-19(10-12)8-7-18-22(20,21)13-5-1-3-11-4-2-6-16-14(11)13/h1-6,9-10,18H,7-8H2. The summed E-state index contributed by atoms with van der Waals surface area (Å²) in [7, 11) is -3.62. The van der Waals surface area contributed by atoms with Crippen LogP contribution in [0.4, 0.5) is 0 Å². The van der Waals surface area contributed by atoms with E-state index in [-0.39, 0.29) is 11.4 Å². The fourth-order valence-electron chi connectivity index (χ4n) is 2.13. The van der Waals surface area contributed by atoms with Gasteiger partial charge in [0.05, 0.1) is 22.7 Å². The molecule has 2 heterocycles. The number of aromatic nitrogens is 3. The number of halogens is 1. The van der Waals surface area contributed by atoms with E-state index in [1.54, 1.807) is 41.5 Å². The Hall–Kier alpha value is -1.77. The van der Waals surface area contributed by atoms with E-state index in [0.717, 1.165) is 9.86 Å². The molecule has 3 rings (SSSR count). The van der Waals surface area contributed by atoms with Gasteiger partial charge >= 0.3 is 0 Å². The van der Waals surface area contributed by atoms with Gasteiger partial charge in [0.1, 0.15) is 4.90 Å². The van der Waals surface area contributed by atoms with Crippen LogP contribution in [0.25, 0.3) is 10.9 Å². The smallest absolute Gasteiger partial charge is 0.242 e. The van der Waals surface area contributed by atoms with Gasteiger partial charge in [-0.3, -0.25) is 9.67 Å². The first kappa shape index (κ1) is 15.1. The van der Waals surface area contributed by atoms with Gasteiger partial charge in [0, 0.05) is 24.3 Å². The number of hydrogen-bond acceptors (Lipinski definition) is 4. The number of pyridine rings is 1. The fourth-order valence-corrected chi connectivity index (χ4v) is 3.65. The molecule has 1 aromatic carbocycles. The van der Waals surface area contributed by atoms with Gasteiger partial charge in [-0.2, -0.15) is 5.10 Å². The van der Waals surface area contributed by atoms with Crippen LogP contribution in [0.3, 0.4) is 0 Å². The van der Waals surface area contributed by atoms with E-state index in [1.165, 1.54) is 0 Å². The largest absolute Gasteiger partial charge is 0.270 e. The van der Waals surface area contributed by atoms with Gasteiger partial charge < -0.3 is 0 Å². The topological polar surface area (TPSA) is 76.9 Å². The van der Waals surface area contributed by atoms with Gasteiger partial charge in [-0.05, 0) is 28.1 Å². The van der Waals surface area contributed by atoms with Crippen molar-refractivity contribution >= 4 is 36.9 Å². The first-order valence-corrected chi connectivity index (χ1v) is 8.85. The predicted octanol–water partition coefficient (Wildman–Crippen LogP) is 2.17. The van der Waals surface area contributed by atoms with Crippen molar-refractivity contribution in [1.29, 1.82) is 0 Å². The van der Waals surface area contributed by atoms with Crippen molar-refractivity contribution in [3.05, 3.63) is 53.4 Å². The van der Waals surface area contributed by atoms with E-state index in [9.17, 15) is 8.42 Å². The maximum atomic E-state index is 12.5. The molecule has 0 bridgehead atoms. The van der Waals surface area contributed by atoms with E-state index < -0.39 is 10.0 Å². The molecule has 0 radical (unpaired) electrons. The molecule has 0 saturated carbocycles. The Morgan fingerprint density at radius 1 is 1.23 bits per heavy atom. The summed E-state index contributed by atoms with van der Waals surface area (Å²) in [6.45, 7) is 0.697. The lowest BCUT2D eigenvalue weighted by atomic mass is 10.2. The minimum absolute atomic E-state index is 0.187. The maximum Gasteiger partial charge on any atom is 0.242 e. The summed E-state index contributed by atoms with van der Waals surface area (Å²) in [6.07, 6.45) is 5.03. The molecule has 0 unspecified atom stereocenters. The second kappa shape index (κ2) is 6.15. The number of sulfonamides is 1. The molecule has 3 aromatic rings. The highest BCUT2D eigenvalue weighted by Gasteiger charge is 2.17. The third-order valence-electron chi connectivity index (χ3n) is 3.12. The van der Waals surface area contributed by atoms with Crippen molar-refractivity contribution in [1.82, 2.24) is 19.5 Å². The lowest BCUT2D eigenvalue weighted by molar-refractivity contribution is 0.561. The highest BCUT2D eigenvalue weighted by molar-refractivity contribution is 9.10.